The summed E-state index contributed by atoms with van der Waals surface area (Å²) in [5.74, 6) is -0.0959. The first-order valence-corrected chi connectivity index (χ1v) is 21.1. The van der Waals surface area contributed by atoms with E-state index in [4.69, 9.17) is 4.74 Å². The van der Waals surface area contributed by atoms with E-state index in [0.29, 0.717) is 35.7 Å². The molecule has 0 spiro atoms. The number of benzene rings is 7. The fourth-order valence-corrected chi connectivity index (χ4v) is 8.67. The van der Waals surface area contributed by atoms with Gasteiger partial charge < -0.3 is 25.2 Å². The van der Waals surface area contributed by atoms with E-state index in [1.54, 1.807) is 28.0 Å². The zero-order chi connectivity index (χ0) is 42.5. The number of fused-ring (bicyclic) bond motifs is 4. The van der Waals surface area contributed by atoms with Crippen molar-refractivity contribution in [2.24, 2.45) is 0 Å². The minimum Gasteiger partial charge on any atom is -0.486 e. The van der Waals surface area contributed by atoms with Crippen LogP contribution in [-0.4, -0.2) is 64.8 Å². The van der Waals surface area contributed by atoms with Crippen LogP contribution in [0.2, 0.25) is 0 Å². The van der Waals surface area contributed by atoms with Crippen LogP contribution in [0.1, 0.15) is 68.4 Å². The normalized spacial score (nSPS) is 11.5. The summed E-state index contributed by atoms with van der Waals surface area (Å²) in [6, 6.07) is 38.8. The summed E-state index contributed by atoms with van der Waals surface area (Å²) in [7, 11) is 7.57. The fourth-order valence-electron chi connectivity index (χ4n) is 8.67. The molecule has 0 saturated heterocycles. The molecule has 10 heteroatoms. The summed E-state index contributed by atoms with van der Waals surface area (Å²) in [5.41, 5.74) is 6.02. The Labute approximate surface area is 357 Å². The minimum atomic E-state index is -0.221. The fraction of sp³-hybridized carbons (Fsp3) is 0.255. The Morgan fingerprint density at radius 2 is 1.07 bits per heavy atom. The van der Waals surface area contributed by atoms with E-state index >= 15 is 0 Å². The standard InChI is InChI=1S/C51H53N7O3/c1-6-7-26-58-30-35(54-55-58)33-61-49-27-34(50(59)56(4)31-47-40-20-12-8-16-36(40)45(28-52-2)37-17-9-13-21-41(37)47)24-25-44(49)51(60)57(5)32-48-42-22-14-10-18-38(42)46(29-53-3)39-19-11-15-23-43(39)48/h8-25,27,30,52-53H,6-7,26,28-29,31-33H2,1-5H3. The van der Waals surface area contributed by atoms with Gasteiger partial charge in [-0.2, -0.15) is 0 Å². The molecule has 0 saturated carbocycles. The lowest BCUT2D eigenvalue weighted by atomic mass is 9.91. The summed E-state index contributed by atoms with van der Waals surface area (Å²) < 4.78 is 8.25. The van der Waals surface area contributed by atoms with Crippen molar-refractivity contribution in [3.63, 3.8) is 0 Å². The zero-order valence-electron chi connectivity index (χ0n) is 35.7. The van der Waals surface area contributed by atoms with Crippen LogP contribution in [0.5, 0.6) is 5.75 Å². The van der Waals surface area contributed by atoms with Crippen molar-refractivity contribution in [2.45, 2.75) is 59.1 Å². The molecule has 8 aromatic rings. The molecule has 0 aliphatic carbocycles. The Hall–Kier alpha value is -6.62. The second-order valence-electron chi connectivity index (χ2n) is 15.8. The van der Waals surface area contributed by atoms with Gasteiger partial charge in [0.15, 0.2) is 0 Å². The highest BCUT2D eigenvalue weighted by Gasteiger charge is 2.24. The zero-order valence-corrected chi connectivity index (χ0v) is 35.7. The Morgan fingerprint density at radius 1 is 0.623 bits per heavy atom. The van der Waals surface area contributed by atoms with Crippen molar-refractivity contribution in [3.8, 4) is 5.75 Å². The van der Waals surface area contributed by atoms with E-state index in [-0.39, 0.29) is 18.4 Å². The number of carbonyl (C=O) groups is 2. The molecule has 0 atom stereocenters. The summed E-state index contributed by atoms with van der Waals surface area (Å²) in [5, 5.41) is 24.4. The first kappa shape index (κ1) is 41.1. The van der Waals surface area contributed by atoms with Gasteiger partial charge >= 0.3 is 0 Å². The van der Waals surface area contributed by atoms with Crippen molar-refractivity contribution in [1.29, 1.82) is 0 Å². The Kier molecular flexibility index (Phi) is 12.4. The first-order chi connectivity index (χ1) is 29.8. The number of unbranched alkanes of at least 4 members (excludes halogenated alkanes) is 1. The molecule has 0 unspecified atom stereocenters. The van der Waals surface area contributed by atoms with Gasteiger partial charge in [0.1, 0.15) is 18.1 Å². The van der Waals surface area contributed by atoms with Crippen molar-refractivity contribution in [1.82, 2.24) is 35.4 Å². The van der Waals surface area contributed by atoms with Gasteiger partial charge in [-0.25, -0.2) is 0 Å². The number of ether oxygens (including phenoxy) is 1. The number of hydrogen-bond donors (Lipinski definition) is 2. The Balaban J connectivity index is 1.13. The largest absolute Gasteiger partial charge is 0.486 e. The molecule has 1 heterocycles. The predicted octanol–water partition coefficient (Wildman–Crippen LogP) is 9.25. The third-order valence-electron chi connectivity index (χ3n) is 11.7. The lowest BCUT2D eigenvalue weighted by Crippen LogP contribution is -2.28. The number of nitrogens with zero attached hydrogens (tertiary/aromatic N) is 5. The third-order valence-corrected chi connectivity index (χ3v) is 11.7. The smallest absolute Gasteiger partial charge is 0.257 e. The van der Waals surface area contributed by atoms with Crippen LogP contribution in [0, 0.1) is 0 Å². The van der Waals surface area contributed by atoms with Gasteiger partial charge in [0.05, 0.1) is 11.8 Å². The van der Waals surface area contributed by atoms with Crippen molar-refractivity contribution < 1.29 is 14.3 Å². The monoisotopic (exact) mass is 811 g/mol. The molecule has 8 rings (SSSR count). The molecule has 1 aromatic heterocycles. The number of amides is 2. The van der Waals surface area contributed by atoms with E-state index in [0.717, 1.165) is 86.7 Å². The SMILES string of the molecule is CCCCn1cc(COc2cc(C(=O)N(C)Cc3c4ccccc4c(CNC)c4ccccc34)ccc2C(=O)N(C)Cc2c3ccccc3c(CNC)c3ccccc23)nn1. The number of carbonyl (C=O) groups excluding carboxylic acids is 2. The minimum absolute atomic E-state index is 0.0861. The van der Waals surface area contributed by atoms with Crippen LogP contribution in [0.15, 0.2) is 121 Å². The van der Waals surface area contributed by atoms with Crippen molar-refractivity contribution in [2.75, 3.05) is 28.2 Å². The van der Waals surface area contributed by atoms with E-state index in [1.165, 1.54) is 11.1 Å². The average Bonchev–Trinajstić information content (AvgIpc) is 3.76. The molecule has 61 heavy (non-hydrogen) atoms. The number of nitrogens with one attached hydrogen (secondary N) is 2. The lowest BCUT2D eigenvalue weighted by Gasteiger charge is -2.24. The quantitative estimate of drug-likeness (QED) is 0.0938. The Bertz CT molecular complexity index is 2770. The third kappa shape index (κ3) is 8.29. The van der Waals surface area contributed by atoms with Crippen LogP contribution in [0.4, 0.5) is 0 Å². The molecule has 0 aliphatic rings. The molecule has 0 bridgehead atoms. The van der Waals surface area contributed by atoms with Crippen LogP contribution in [-0.2, 0) is 39.3 Å². The average molecular weight is 812 g/mol. The van der Waals surface area contributed by atoms with Gasteiger partial charge in [-0.1, -0.05) is 116 Å². The molecule has 7 aromatic carbocycles. The highest BCUT2D eigenvalue weighted by atomic mass is 16.5. The van der Waals surface area contributed by atoms with Crippen LogP contribution >= 0.6 is 0 Å². The van der Waals surface area contributed by atoms with Gasteiger partial charge in [-0.05, 0) is 104 Å². The highest BCUT2D eigenvalue weighted by molar-refractivity contribution is 6.08. The molecule has 0 aliphatic heterocycles. The second-order valence-corrected chi connectivity index (χ2v) is 15.8. The summed E-state index contributed by atoms with van der Waals surface area (Å²) in [6.45, 7) is 5.18. The van der Waals surface area contributed by atoms with Crippen LogP contribution in [0.3, 0.4) is 0 Å². The molecular formula is C51H53N7O3. The van der Waals surface area contributed by atoms with Gasteiger partial charge in [-0.15, -0.1) is 5.10 Å². The number of aromatic nitrogens is 3. The van der Waals surface area contributed by atoms with E-state index in [2.05, 4.69) is 101 Å². The van der Waals surface area contributed by atoms with Gasteiger partial charge in [0.25, 0.3) is 11.8 Å². The number of hydrogen-bond acceptors (Lipinski definition) is 7. The molecule has 2 N–H and O–H groups in total. The van der Waals surface area contributed by atoms with Gasteiger partial charge in [0.2, 0.25) is 0 Å². The Morgan fingerprint density at radius 3 is 1.51 bits per heavy atom. The van der Waals surface area contributed by atoms with Gasteiger partial charge in [0, 0.05) is 52.4 Å². The van der Waals surface area contributed by atoms with E-state index < -0.39 is 0 Å². The first-order valence-electron chi connectivity index (χ1n) is 21.1. The van der Waals surface area contributed by atoms with Crippen molar-refractivity contribution >= 4 is 54.9 Å². The molecule has 2 amide bonds. The number of aryl methyl sites for hydroxylation is 1. The van der Waals surface area contributed by atoms with Crippen LogP contribution in [0.25, 0.3) is 43.1 Å². The topological polar surface area (TPSA) is 105 Å². The molecule has 310 valence electrons. The second kappa shape index (κ2) is 18.3. The maximum atomic E-state index is 14.6. The van der Waals surface area contributed by atoms with Crippen molar-refractivity contribution in [3.05, 3.63) is 161 Å². The predicted molar refractivity (Wildman–Crippen MR) is 246 cm³/mol. The van der Waals surface area contributed by atoms with E-state index in [1.807, 2.05) is 63.3 Å². The maximum Gasteiger partial charge on any atom is 0.257 e. The molecule has 10 nitrogen and oxygen atoms in total. The summed E-state index contributed by atoms with van der Waals surface area (Å²) >= 11 is 0. The molecule has 0 radical (unpaired) electrons. The lowest BCUT2D eigenvalue weighted by molar-refractivity contribution is 0.0770. The maximum absolute atomic E-state index is 14.6. The van der Waals surface area contributed by atoms with E-state index in [9.17, 15) is 9.59 Å². The summed E-state index contributed by atoms with van der Waals surface area (Å²) in [4.78, 5) is 32.5. The number of rotatable bonds is 16. The van der Waals surface area contributed by atoms with Gasteiger partial charge in [-0.3, -0.25) is 14.3 Å². The molecule has 0 fully saturated rings. The molecular weight excluding hydrogens is 759 g/mol. The summed E-state index contributed by atoms with van der Waals surface area (Å²) in [6.07, 6.45) is 3.90. The van der Waals surface area contributed by atoms with Crippen LogP contribution < -0.4 is 15.4 Å². The highest BCUT2D eigenvalue weighted by Crippen LogP contribution is 2.36.